The molecule has 7 nitrogen and oxygen atoms in total. The van der Waals surface area contributed by atoms with Gasteiger partial charge in [-0.05, 0) is 6.07 Å². The van der Waals surface area contributed by atoms with Gasteiger partial charge in [0.05, 0.1) is 10.5 Å². The smallest absolute Gasteiger partial charge is 0.343 e. The zero-order valence-corrected chi connectivity index (χ0v) is 16.8. The fourth-order valence-corrected chi connectivity index (χ4v) is 5.98. The summed E-state index contributed by atoms with van der Waals surface area (Å²) in [6.45, 7) is 4.58. The normalized spacial score (nSPS) is 9.75. The monoisotopic (exact) mass is 445 g/mol. The molecule has 0 fully saturated rings. The Hall–Kier alpha value is -1.64. The summed E-state index contributed by atoms with van der Waals surface area (Å²) in [5.74, 6) is -3.16. The number of hydrogen-bond donors (Lipinski definition) is 2. The molecule has 2 radical (unpaired) electrons. The third-order valence-electron chi connectivity index (χ3n) is 3.10. The van der Waals surface area contributed by atoms with E-state index in [0.29, 0.717) is 0 Å². The molecule has 0 atom stereocenters. The Balaban J connectivity index is 0.000000506. The minimum absolute atomic E-state index is 0.149. The van der Waals surface area contributed by atoms with Gasteiger partial charge >= 0.3 is 81.5 Å². The first-order valence-electron chi connectivity index (χ1n) is 7.81. The maximum absolute atomic E-state index is 10.7. The molecule has 8 heteroatoms. The van der Waals surface area contributed by atoms with Crippen molar-refractivity contribution in [2.24, 2.45) is 0 Å². The number of benzene rings is 1. The van der Waals surface area contributed by atoms with Crippen molar-refractivity contribution < 1.29 is 24.7 Å². The van der Waals surface area contributed by atoms with Crippen LogP contribution in [0.1, 0.15) is 60.2 Å². The van der Waals surface area contributed by atoms with Crippen LogP contribution in [-0.4, -0.2) is 48.2 Å². The molecule has 1 aromatic carbocycles. The number of nitro benzene ring substituents is 1. The molecule has 0 amide bonds. The van der Waals surface area contributed by atoms with Gasteiger partial charge in [0.2, 0.25) is 0 Å². The van der Waals surface area contributed by atoms with Crippen LogP contribution in [0.3, 0.4) is 0 Å². The molecule has 0 aliphatic rings. The maximum atomic E-state index is 10.7. The van der Waals surface area contributed by atoms with Crippen molar-refractivity contribution >= 4 is 38.8 Å². The summed E-state index contributed by atoms with van der Waals surface area (Å²) in [5.41, 5.74) is -2.14. The van der Waals surface area contributed by atoms with Gasteiger partial charge in [0.15, 0.2) is 5.56 Å². The summed E-state index contributed by atoms with van der Waals surface area (Å²) in [4.78, 5) is 30.8. The Morgan fingerprint density at radius 1 is 1.08 bits per heavy atom. The second-order valence-electron chi connectivity index (χ2n) is 5.02. The Morgan fingerprint density at radius 3 is 2.00 bits per heavy atom. The standard InChI is InChI=1S/C8H5NO6.2C4H9.Sn/c10-7(11)4-2-1-3-5(9(14)15)6(4)8(12)13;2*1-3-4-2;/h1-3H,(H,10,11)(H,12,13);2*1,3-4H2,2H3;. The molecular formula is C16H23NO6Sn. The van der Waals surface area contributed by atoms with E-state index in [0.717, 1.165) is 18.2 Å². The van der Waals surface area contributed by atoms with Crippen molar-refractivity contribution in [3.63, 3.8) is 0 Å². The van der Waals surface area contributed by atoms with Gasteiger partial charge in [0.25, 0.3) is 5.69 Å². The van der Waals surface area contributed by atoms with Crippen LogP contribution in [0.5, 0.6) is 0 Å². The second-order valence-corrected chi connectivity index (χ2v) is 9.31. The molecule has 0 saturated carbocycles. The predicted octanol–water partition coefficient (Wildman–Crippen LogP) is 4.12. The molecular weight excluding hydrogens is 421 g/mol. The van der Waals surface area contributed by atoms with Crippen LogP contribution >= 0.6 is 0 Å². The van der Waals surface area contributed by atoms with Gasteiger partial charge in [-0.3, -0.25) is 10.1 Å². The van der Waals surface area contributed by atoms with Crippen molar-refractivity contribution in [2.45, 2.75) is 48.4 Å². The number of nitrogens with zero attached hydrogens (tertiary/aromatic N) is 1. The topological polar surface area (TPSA) is 118 Å². The van der Waals surface area contributed by atoms with E-state index in [1.54, 1.807) is 8.87 Å². The van der Waals surface area contributed by atoms with E-state index in [4.69, 9.17) is 10.2 Å². The molecule has 2 N–H and O–H groups in total. The molecule has 132 valence electrons. The summed E-state index contributed by atoms with van der Waals surface area (Å²) >= 11 is 0.149. The molecule has 0 aliphatic carbocycles. The van der Waals surface area contributed by atoms with Crippen molar-refractivity contribution in [1.82, 2.24) is 0 Å². The maximum Gasteiger partial charge on any atom is 0.343 e. The van der Waals surface area contributed by atoms with Gasteiger partial charge in [-0.25, -0.2) is 9.59 Å². The van der Waals surface area contributed by atoms with Gasteiger partial charge < -0.3 is 10.2 Å². The average molecular weight is 444 g/mol. The number of unbranched alkanes of at least 4 members (excludes halogenated alkanes) is 2. The third kappa shape index (κ3) is 8.28. The Labute approximate surface area is 151 Å². The molecule has 0 bridgehead atoms. The minimum atomic E-state index is -1.64. The van der Waals surface area contributed by atoms with Crippen molar-refractivity contribution in [3.05, 3.63) is 39.4 Å². The summed E-state index contributed by atoms with van der Waals surface area (Å²) in [5, 5.41) is 27.8. The molecule has 1 rings (SSSR count). The summed E-state index contributed by atoms with van der Waals surface area (Å²) in [6, 6.07) is 3.06. The zero-order chi connectivity index (χ0) is 18.5. The average Bonchev–Trinajstić information content (AvgIpc) is 2.54. The third-order valence-corrected chi connectivity index (χ3v) is 7.13. The van der Waals surface area contributed by atoms with E-state index in [2.05, 4.69) is 13.8 Å². The number of carboxylic acid groups (broad SMARTS) is 2. The number of aromatic carboxylic acids is 2. The Morgan fingerprint density at radius 2 is 1.62 bits per heavy atom. The van der Waals surface area contributed by atoms with Crippen LogP contribution in [0.2, 0.25) is 8.87 Å². The fraction of sp³-hybridized carbons (Fsp3) is 0.500. The number of nitro groups is 1. The van der Waals surface area contributed by atoms with Crippen LogP contribution in [0.15, 0.2) is 18.2 Å². The SMILES string of the molecule is CCC[CH2][Sn][CH2]CCC.O=C(O)c1cccc([N+](=O)[O-])c1C(=O)O. The van der Waals surface area contributed by atoms with E-state index in [9.17, 15) is 19.7 Å². The van der Waals surface area contributed by atoms with Crippen LogP contribution in [0.4, 0.5) is 5.69 Å². The van der Waals surface area contributed by atoms with Gasteiger partial charge in [-0.15, -0.1) is 0 Å². The van der Waals surface area contributed by atoms with Crippen molar-refractivity contribution in [2.75, 3.05) is 0 Å². The van der Waals surface area contributed by atoms with Gasteiger partial charge in [-0.1, -0.05) is 6.07 Å². The Kier molecular flexibility index (Phi) is 11.9. The van der Waals surface area contributed by atoms with Gasteiger partial charge in [0, 0.05) is 6.07 Å². The minimum Gasteiger partial charge on any atom is -0.478 e. The number of carboxylic acids is 2. The molecule has 0 aromatic heterocycles. The van der Waals surface area contributed by atoms with Crippen LogP contribution < -0.4 is 0 Å². The number of rotatable bonds is 9. The van der Waals surface area contributed by atoms with Crippen LogP contribution in [0, 0.1) is 10.1 Å². The molecule has 0 saturated heterocycles. The first-order valence-corrected chi connectivity index (χ1v) is 11.8. The molecule has 0 heterocycles. The Bertz CT molecular complexity index is 523. The van der Waals surface area contributed by atoms with E-state index in [1.165, 1.54) is 25.7 Å². The zero-order valence-electron chi connectivity index (χ0n) is 13.9. The largest absolute Gasteiger partial charge is 0.478 e. The van der Waals surface area contributed by atoms with E-state index >= 15 is 0 Å². The van der Waals surface area contributed by atoms with E-state index in [-0.39, 0.29) is 21.1 Å². The summed E-state index contributed by atoms with van der Waals surface area (Å²) in [6.07, 6.45) is 5.84. The summed E-state index contributed by atoms with van der Waals surface area (Å²) < 4.78 is 3.25. The number of carbonyl (C=O) groups is 2. The van der Waals surface area contributed by atoms with Crippen LogP contribution in [0.25, 0.3) is 0 Å². The first kappa shape index (κ1) is 22.4. The molecule has 0 spiro atoms. The number of hydrogen-bond acceptors (Lipinski definition) is 4. The van der Waals surface area contributed by atoms with E-state index < -0.39 is 33.7 Å². The van der Waals surface area contributed by atoms with Gasteiger partial charge in [-0.2, -0.15) is 0 Å². The second kappa shape index (κ2) is 12.7. The quantitative estimate of drug-likeness (QED) is 0.256. The predicted molar refractivity (Wildman–Crippen MR) is 92.2 cm³/mol. The molecule has 0 aliphatic heterocycles. The van der Waals surface area contributed by atoms with Crippen LogP contribution in [-0.2, 0) is 0 Å². The molecule has 0 unspecified atom stereocenters. The molecule has 1 aromatic rings. The van der Waals surface area contributed by atoms with E-state index in [1.807, 2.05) is 0 Å². The molecule has 24 heavy (non-hydrogen) atoms. The van der Waals surface area contributed by atoms with Crippen molar-refractivity contribution in [3.8, 4) is 0 Å². The summed E-state index contributed by atoms with van der Waals surface area (Å²) in [7, 11) is 0. The van der Waals surface area contributed by atoms with Crippen molar-refractivity contribution in [1.29, 1.82) is 0 Å². The first-order chi connectivity index (χ1) is 11.4. The van der Waals surface area contributed by atoms with Gasteiger partial charge in [0.1, 0.15) is 0 Å². The fourth-order valence-electron chi connectivity index (χ4n) is 1.82.